The van der Waals surface area contributed by atoms with Gasteiger partial charge in [0, 0.05) is 11.6 Å². The maximum absolute atomic E-state index is 13.8. The molecule has 176 valence electrons. The number of halogens is 2. The van der Waals surface area contributed by atoms with Crippen molar-refractivity contribution in [2.24, 2.45) is 4.99 Å². The monoisotopic (exact) mass is 600 g/mol. The highest BCUT2D eigenvalue weighted by Crippen LogP contribution is 2.35. The molecular formula is C26H18FIN2O4S. The van der Waals surface area contributed by atoms with E-state index < -0.39 is 17.8 Å². The van der Waals surface area contributed by atoms with Gasteiger partial charge in [0.1, 0.15) is 11.6 Å². The zero-order valence-electron chi connectivity index (χ0n) is 18.4. The predicted molar refractivity (Wildman–Crippen MR) is 139 cm³/mol. The minimum atomic E-state index is -0.847. The first-order valence-electron chi connectivity index (χ1n) is 10.8. The molecule has 4 aromatic rings. The normalized spacial score (nSPS) is 15.6. The highest BCUT2D eigenvalue weighted by Gasteiger charge is 2.35. The molecule has 0 amide bonds. The van der Waals surface area contributed by atoms with Crippen molar-refractivity contribution in [1.29, 1.82) is 0 Å². The van der Waals surface area contributed by atoms with Crippen LogP contribution >= 0.6 is 33.9 Å². The average molecular weight is 600 g/mol. The molecule has 0 unspecified atom stereocenters. The number of hydrogen-bond acceptors (Lipinski definition) is 6. The van der Waals surface area contributed by atoms with E-state index in [4.69, 9.17) is 14.1 Å². The Balaban J connectivity index is 1.83. The smallest absolute Gasteiger partial charge is 0.338 e. The van der Waals surface area contributed by atoms with E-state index in [1.807, 2.05) is 30.3 Å². The van der Waals surface area contributed by atoms with Crippen LogP contribution in [-0.2, 0) is 9.53 Å². The molecule has 0 saturated heterocycles. The standard InChI is InChI=1S/C26H18FIN2O4S/c1-2-33-25(32)21-22(15-6-4-3-5-7-15)29-26-30(23(21)16-8-10-17(27)11-9-16)24(31)19(35-26)14-18-12-13-20(28)34-18/h3-14,23H,2H2,1H3/b19-14-/t23-/m1/s1. The van der Waals surface area contributed by atoms with Crippen LogP contribution in [0.1, 0.15) is 29.9 Å². The molecule has 2 aromatic carbocycles. The van der Waals surface area contributed by atoms with Crippen LogP contribution in [0.5, 0.6) is 0 Å². The lowest BCUT2D eigenvalue weighted by atomic mass is 9.93. The first kappa shape index (κ1) is 23.4. The van der Waals surface area contributed by atoms with E-state index in [1.165, 1.54) is 28.0 Å². The van der Waals surface area contributed by atoms with Gasteiger partial charge in [0.05, 0.1) is 28.5 Å². The number of aromatic nitrogens is 1. The molecular weight excluding hydrogens is 582 g/mol. The number of benzene rings is 2. The second-order valence-corrected chi connectivity index (χ2v) is 9.70. The quantitative estimate of drug-likeness (QED) is 0.254. The highest BCUT2D eigenvalue weighted by molar-refractivity contribution is 14.1. The van der Waals surface area contributed by atoms with E-state index in [-0.39, 0.29) is 17.7 Å². The minimum absolute atomic E-state index is 0.155. The summed E-state index contributed by atoms with van der Waals surface area (Å²) in [5, 5.41) is 0. The van der Waals surface area contributed by atoms with Crippen LogP contribution in [0.4, 0.5) is 4.39 Å². The number of carbonyl (C=O) groups excluding carboxylic acids is 1. The lowest BCUT2D eigenvalue weighted by Gasteiger charge is -2.25. The van der Waals surface area contributed by atoms with E-state index in [0.717, 1.165) is 0 Å². The van der Waals surface area contributed by atoms with Crippen LogP contribution in [0.25, 0.3) is 11.8 Å². The maximum atomic E-state index is 13.8. The van der Waals surface area contributed by atoms with Gasteiger partial charge in [0.2, 0.25) is 0 Å². The summed E-state index contributed by atoms with van der Waals surface area (Å²) in [5.41, 5.74) is 1.58. The fourth-order valence-corrected chi connectivity index (χ4v) is 5.35. The largest absolute Gasteiger partial charge is 0.463 e. The van der Waals surface area contributed by atoms with Crippen LogP contribution in [-0.4, -0.2) is 17.1 Å². The summed E-state index contributed by atoms with van der Waals surface area (Å²) in [7, 11) is 0. The molecule has 35 heavy (non-hydrogen) atoms. The summed E-state index contributed by atoms with van der Waals surface area (Å²) in [6, 6.07) is 17.7. The Morgan fingerprint density at radius 2 is 1.91 bits per heavy atom. The lowest BCUT2D eigenvalue weighted by molar-refractivity contribution is -0.138. The molecule has 0 spiro atoms. The summed E-state index contributed by atoms with van der Waals surface area (Å²) in [5.74, 6) is -0.469. The Bertz CT molecular complexity index is 1620. The van der Waals surface area contributed by atoms with Crippen molar-refractivity contribution in [1.82, 2.24) is 4.57 Å². The van der Waals surface area contributed by atoms with Crippen LogP contribution in [0.2, 0.25) is 0 Å². The summed E-state index contributed by atoms with van der Waals surface area (Å²) in [6.07, 6.45) is 1.66. The fraction of sp³-hybridized carbons (Fsp3) is 0.115. The number of thiazole rings is 1. The second-order valence-electron chi connectivity index (χ2n) is 7.62. The molecule has 3 heterocycles. The molecule has 5 rings (SSSR count). The van der Waals surface area contributed by atoms with Crippen molar-refractivity contribution in [2.45, 2.75) is 13.0 Å². The third-order valence-electron chi connectivity index (χ3n) is 5.43. The van der Waals surface area contributed by atoms with Gasteiger partial charge < -0.3 is 9.15 Å². The molecule has 0 bridgehead atoms. The summed E-state index contributed by atoms with van der Waals surface area (Å²) in [4.78, 5) is 32.1. The van der Waals surface area contributed by atoms with Gasteiger partial charge in [-0.1, -0.05) is 53.8 Å². The number of fused-ring (bicyclic) bond motifs is 1. The van der Waals surface area contributed by atoms with Crippen LogP contribution in [0.15, 0.2) is 86.5 Å². The highest BCUT2D eigenvalue weighted by atomic mass is 127. The number of hydrogen-bond donors (Lipinski definition) is 0. The molecule has 0 N–H and O–H groups in total. The predicted octanol–water partition coefficient (Wildman–Crippen LogP) is 4.27. The Hall–Kier alpha value is -3.31. The van der Waals surface area contributed by atoms with Gasteiger partial charge in [-0.25, -0.2) is 14.2 Å². The van der Waals surface area contributed by atoms with Crippen molar-refractivity contribution in [3.8, 4) is 0 Å². The fourth-order valence-electron chi connectivity index (χ4n) is 3.94. The van der Waals surface area contributed by atoms with Crippen molar-refractivity contribution >= 4 is 51.7 Å². The van der Waals surface area contributed by atoms with E-state index >= 15 is 0 Å². The molecule has 1 aliphatic rings. The number of nitrogens with zero attached hydrogens (tertiary/aromatic N) is 2. The molecule has 0 fully saturated rings. The maximum Gasteiger partial charge on any atom is 0.338 e. The summed E-state index contributed by atoms with van der Waals surface area (Å²) >= 11 is 3.25. The Labute approximate surface area is 216 Å². The van der Waals surface area contributed by atoms with E-state index in [0.29, 0.717) is 35.7 Å². The molecule has 0 saturated carbocycles. The first-order chi connectivity index (χ1) is 17.0. The van der Waals surface area contributed by atoms with Crippen LogP contribution in [0.3, 0.4) is 0 Å². The number of rotatable bonds is 5. The molecule has 1 aliphatic heterocycles. The summed E-state index contributed by atoms with van der Waals surface area (Å²) < 4.78 is 27.4. The lowest BCUT2D eigenvalue weighted by Crippen LogP contribution is -2.40. The number of esters is 1. The van der Waals surface area contributed by atoms with Gasteiger partial charge in [0.25, 0.3) is 5.56 Å². The molecule has 2 aromatic heterocycles. The first-order valence-corrected chi connectivity index (χ1v) is 12.6. The van der Waals surface area contributed by atoms with E-state index in [1.54, 1.807) is 37.3 Å². The van der Waals surface area contributed by atoms with Crippen molar-refractivity contribution < 1.29 is 18.3 Å². The molecule has 9 heteroatoms. The third-order valence-corrected chi connectivity index (χ3v) is 6.99. The third kappa shape index (κ3) is 4.53. The van der Waals surface area contributed by atoms with Crippen molar-refractivity contribution in [3.63, 3.8) is 0 Å². The van der Waals surface area contributed by atoms with Gasteiger partial charge in [-0.2, -0.15) is 0 Å². The second kappa shape index (κ2) is 9.74. The number of ether oxygens (including phenoxy) is 1. The zero-order valence-corrected chi connectivity index (χ0v) is 21.4. The zero-order chi connectivity index (χ0) is 24.5. The number of carbonyl (C=O) groups is 1. The average Bonchev–Trinajstić information content (AvgIpc) is 3.41. The van der Waals surface area contributed by atoms with Crippen molar-refractivity contribution in [2.75, 3.05) is 6.61 Å². The molecule has 6 nitrogen and oxygen atoms in total. The molecule has 1 atom stereocenters. The Morgan fingerprint density at radius 3 is 2.57 bits per heavy atom. The topological polar surface area (TPSA) is 73.8 Å². The summed E-state index contributed by atoms with van der Waals surface area (Å²) in [6.45, 7) is 1.87. The minimum Gasteiger partial charge on any atom is -0.463 e. The van der Waals surface area contributed by atoms with Crippen LogP contribution < -0.4 is 14.9 Å². The Morgan fingerprint density at radius 1 is 1.17 bits per heavy atom. The van der Waals surface area contributed by atoms with Crippen molar-refractivity contribution in [3.05, 3.63) is 118 Å². The van der Waals surface area contributed by atoms with E-state index in [2.05, 4.69) is 22.6 Å². The number of furan rings is 1. The molecule has 0 radical (unpaired) electrons. The Kier molecular flexibility index (Phi) is 6.52. The van der Waals surface area contributed by atoms with Gasteiger partial charge in [-0.15, -0.1) is 0 Å². The SMILES string of the molecule is CCOC(=O)C1=C(c2ccccc2)N=c2s/c(=C\c3ccc(I)o3)c(=O)n2[C@@H]1c1ccc(F)cc1. The van der Waals surface area contributed by atoms with Gasteiger partial charge >= 0.3 is 5.97 Å². The van der Waals surface area contributed by atoms with Gasteiger partial charge in [0.15, 0.2) is 8.57 Å². The van der Waals surface area contributed by atoms with E-state index in [9.17, 15) is 14.0 Å². The van der Waals surface area contributed by atoms with Crippen LogP contribution in [0, 0.1) is 9.58 Å². The van der Waals surface area contributed by atoms with Gasteiger partial charge in [-0.05, 0) is 59.3 Å². The van der Waals surface area contributed by atoms with Gasteiger partial charge in [-0.3, -0.25) is 9.36 Å². The molecule has 0 aliphatic carbocycles.